The summed E-state index contributed by atoms with van der Waals surface area (Å²) in [4.78, 5) is 13.8. The third-order valence-corrected chi connectivity index (χ3v) is 3.47. The zero-order chi connectivity index (χ0) is 12.3. The zero-order valence-corrected chi connectivity index (χ0v) is 10.2. The van der Waals surface area contributed by atoms with E-state index in [0.29, 0.717) is 6.42 Å². The highest BCUT2D eigenvalue weighted by molar-refractivity contribution is 5.77. The summed E-state index contributed by atoms with van der Waals surface area (Å²) in [7, 11) is 0. The summed E-state index contributed by atoms with van der Waals surface area (Å²) in [6.45, 7) is 2.04. The predicted octanol–water partition coefficient (Wildman–Crippen LogP) is 2.12. The van der Waals surface area contributed by atoms with Gasteiger partial charge in [0.1, 0.15) is 0 Å². The van der Waals surface area contributed by atoms with E-state index in [4.69, 9.17) is 0 Å². The summed E-state index contributed by atoms with van der Waals surface area (Å²) in [6.07, 6.45) is 2.59. The molecule has 1 saturated heterocycles. The van der Waals surface area contributed by atoms with Gasteiger partial charge in [0.25, 0.3) is 0 Å². The summed E-state index contributed by atoms with van der Waals surface area (Å²) in [6, 6.07) is 9.78. The molecule has 1 aliphatic heterocycles. The number of hydrogen-bond acceptors (Lipinski definition) is 2. The number of aliphatic hydroxyl groups is 1. The van der Waals surface area contributed by atoms with Crippen LogP contribution in [-0.2, 0) is 4.79 Å². The van der Waals surface area contributed by atoms with Crippen molar-refractivity contribution >= 4 is 5.91 Å². The van der Waals surface area contributed by atoms with Crippen LogP contribution in [0.15, 0.2) is 30.3 Å². The normalized spacial score (nSPS) is 22.6. The molecule has 2 atom stereocenters. The second-order valence-corrected chi connectivity index (χ2v) is 4.65. The van der Waals surface area contributed by atoms with Crippen LogP contribution < -0.4 is 0 Å². The minimum absolute atomic E-state index is 0.0138. The predicted molar refractivity (Wildman–Crippen MR) is 66.4 cm³/mol. The van der Waals surface area contributed by atoms with Crippen molar-refractivity contribution in [3.63, 3.8) is 0 Å². The number of nitrogens with zero attached hydrogens (tertiary/aromatic N) is 1. The fourth-order valence-corrected chi connectivity index (χ4v) is 2.57. The Morgan fingerprint density at radius 1 is 1.41 bits per heavy atom. The van der Waals surface area contributed by atoms with Gasteiger partial charge in [0, 0.05) is 12.5 Å². The SMILES string of the molecule is C[C@@H]1CCCC(=O)N1[C@@H](CO)c1ccccc1. The Hall–Kier alpha value is -1.35. The molecule has 1 fully saturated rings. The molecule has 3 nitrogen and oxygen atoms in total. The van der Waals surface area contributed by atoms with Gasteiger partial charge >= 0.3 is 0 Å². The molecule has 1 amide bonds. The Bertz CT molecular complexity index is 377. The van der Waals surface area contributed by atoms with Crippen LogP contribution in [-0.4, -0.2) is 28.6 Å². The van der Waals surface area contributed by atoms with Crippen molar-refractivity contribution in [1.29, 1.82) is 0 Å². The number of benzene rings is 1. The first kappa shape index (κ1) is 12.1. The molecule has 17 heavy (non-hydrogen) atoms. The monoisotopic (exact) mass is 233 g/mol. The molecule has 0 aromatic heterocycles. The Labute approximate surface area is 102 Å². The van der Waals surface area contributed by atoms with Crippen LogP contribution in [0.2, 0.25) is 0 Å². The summed E-state index contributed by atoms with van der Waals surface area (Å²) < 4.78 is 0. The second kappa shape index (κ2) is 5.32. The van der Waals surface area contributed by atoms with E-state index in [2.05, 4.69) is 6.92 Å². The van der Waals surface area contributed by atoms with Crippen LogP contribution in [0.4, 0.5) is 0 Å². The molecule has 0 radical (unpaired) electrons. The van der Waals surface area contributed by atoms with Crippen LogP contribution in [0.3, 0.4) is 0 Å². The van der Waals surface area contributed by atoms with E-state index in [1.807, 2.05) is 35.2 Å². The molecule has 0 saturated carbocycles. The quantitative estimate of drug-likeness (QED) is 0.868. The Morgan fingerprint density at radius 3 is 2.71 bits per heavy atom. The molecule has 92 valence electrons. The Kier molecular flexibility index (Phi) is 3.79. The smallest absolute Gasteiger partial charge is 0.223 e. The molecule has 3 heteroatoms. The van der Waals surface area contributed by atoms with Gasteiger partial charge in [-0.15, -0.1) is 0 Å². The lowest BCUT2D eigenvalue weighted by atomic mass is 9.97. The largest absolute Gasteiger partial charge is 0.394 e. The summed E-state index contributed by atoms with van der Waals surface area (Å²) in [5, 5.41) is 9.57. The number of aliphatic hydroxyl groups excluding tert-OH is 1. The first-order chi connectivity index (χ1) is 8.24. The highest BCUT2D eigenvalue weighted by Gasteiger charge is 2.31. The van der Waals surface area contributed by atoms with Gasteiger partial charge in [0.05, 0.1) is 12.6 Å². The minimum atomic E-state index is -0.195. The van der Waals surface area contributed by atoms with E-state index in [-0.39, 0.29) is 24.6 Å². The number of rotatable bonds is 3. The molecular formula is C14H19NO2. The summed E-state index contributed by atoms with van der Waals surface area (Å²) in [5.74, 6) is 0.159. The van der Waals surface area contributed by atoms with E-state index in [9.17, 15) is 9.90 Å². The van der Waals surface area contributed by atoms with E-state index < -0.39 is 0 Å². The maximum atomic E-state index is 12.0. The van der Waals surface area contributed by atoms with Crippen molar-refractivity contribution in [3.8, 4) is 0 Å². The van der Waals surface area contributed by atoms with Crippen molar-refractivity contribution < 1.29 is 9.90 Å². The van der Waals surface area contributed by atoms with Crippen LogP contribution >= 0.6 is 0 Å². The van der Waals surface area contributed by atoms with E-state index >= 15 is 0 Å². The maximum absolute atomic E-state index is 12.0. The topological polar surface area (TPSA) is 40.5 Å². The van der Waals surface area contributed by atoms with Gasteiger partial charge in [-0.3, -0.25) is 4.79 Å². The standard InChI is InChI=1S/C14H19NO2/c1-11-6-5-9-14(17)15(11)13(10-16)12-7-3-2-4-8-12/h2-4,7-8,11,13,16H,5-6,9-10H2,1H3/t11-,13+/m1/s1. The molecule has 1 aliphatic rings. The van der Waals surface area contributed by atoms with Gasteiger partial charge in [-0.1, -0.05) is 30.3 Å². The third kappa shape index (κ3) is 2.50. The van der Waals surface area contributed by atoms with Gasteiger partial charge < -0.3 is 10.0 Å². The van der Waals surface area contributed by atoms with Crippen LogP contribution in [0.1, 0.15) is 37.8 Å². The second-order valence-electron chi connectivity index (χ2n) is 4.65. The molecule has 0 aliphatic carbocycles. The van der Waals surface area contributed by atoms with Gasteiger partial charge in [0.2, 0.25) is 5.91 Å². The molecular weight excluding hydrogens is 214 g/mol. The minimum Gasteiger partial charge on any atom is -0.394 e. The van der Waals surface area contributed by atoms with Gasteiger partial charge in [0.15, 0.2) is 0 Å². The van der Waals surface area contributed by atoms with E-state index in [0.717, 1.165) is 18.4 Å². The highest BCUT2D eigenvalue weighted by atomic mass is 16.3. The van der Waals surface area contributed by atoms with Gasteiger partial charge in [-0.2, -0.15) is 0 Å². The summed E-state index contributed by atoms with van der Waals surface area (Å²) >= 11 is 0. The number of piperidine rings is 1. The van der Waals surface area contributed by atoms with Crippen molar-refractivity contribution in [1.82, 2.24) is 4.90 Å². The first-order valence-corrected chi connectivity index (χ1v) is 6.21. The molecule has 2 rings (SSSR count). The molecule has 0 spiro atoms. The van der Waals surface area contributed by atoms with Crippen molar-refractivity contribution in [3.05, 3.63) is 35.9 Å². The number of hydrogen-bond donors (Lipinski definition) is 1. The average Bonchev–Trinajstić information content (AvgIpc) is 2.35. The van der Waals surface area contributed by atoms with Gasteiger partial charge in [-0.25, -0.2) is 0 Å². The molecule has 1 aromatic carbocycles. The fraction of sp³-hybridized carbons (Fsp3) is 0.500. The first-order valence-electron chi connectivity index (χ1n) is 6.21. The van der Waals surface area contributed by atoms with Gasteiger partial charge in [-0.05, 0) is 25.3 Å². The molecule has 1 N–H and O–H groups in total. The lowest BCUT2D eigenvalue weighted by Gasteiger charge is -2.39. The molecule has 0 unspecified atom stereocenters. The number of amides is 1. The fourth-order valence-electron chi connectivity index (χ4n) is 2.57. The number of carbonyl (C=O) groups excluding carboxylic acids is 1. The lowest BCUT2D eigenvalue weighted by Crippen LogP contribution is -2.45. The molecule has 0 bridgehead atoms. The van der Waals surface area contributed by atoms with Crippen LogP contribution in [0.25, 0.3) is 0 Å². The summed E-state index contributed by atoms with van der Waals surface area (Å²) in [5.41, 5.74) is 1.01. The molecule has 1 heterocycles. The van der Waals surface area contributed by atoms with Crippen molar-refractivity contribution in [2.75, 3.05) is 6.61 Å². The lowest BCUT2D eigenvalue weighted by molar-refractivity contribution is -0.140. The highest BCUT2D eigenvalue weighted by Crippen LogP contribution is 2.28. The number of likely N-dealkylation sites (tertiary alicyclic amines) is 1. The van der Waals surface area contributed by atoms with Crippen LogP contribution in [0, 0.1) is 0 Å². The Morgan fingerprint density at radius 2 is 2.12 bits per heavy atom. The average molecular weight is 233 g/mol. The maximum Gasteiger partial charge on any atom is 0.223 e. The third-order valence-electron chi connectivity index (χ3n) is 3.47. The van der Waals surface area contributed by atoms with Crippen molar-refractivity contribution in [2.45, 2.75) is 38.3 Å². The molecule has 1 aromatic rings. The number of carbonyl (C=O) groups is 1. The van der Waals surface area contributed by atoms with E-state index in [1.165, 1.54) is 0 Å². The van der Waals surface area contributed by atoms with Crippen molar-refractivity contribution in [2.24, 2.45) is 0 Å². The van der Waals surface area contributed by atoms with Crippen LogP contribution in [0.5, 0.6) is 0 Å². The van der Waals surface area contributed by atoms with E-state index in [1.54, 1.807) is 0 Å². The zero-order valence-electron chi connectivity index (χ0n) is 10.2. The Balaban J connectivity index is 2.25.